The topological polar surface area (TPSA) is 78.9 Å². The van der Waals surface area contributed by atoms with Crippen molar-refractivity contribution < 1.29 is 28.6 Å². The fraction of sp³-hybridized carbons (Fsp3) is 0.800. The summed E-state index contributed by atoms with van der Waals surface area (Å²) in [5.41, 5.74) is 0. The zero-order chi connectivity index (χ0) is 51.4. The predicted octanol–water partition coefficient (Wildman–Crippen LogP) is 20.8. The Morgan fingerprint density at radius 1 is 0.282 bits per heavy atom. The van der Waals surface area contributed by atoms with E-state index in [0.29, 0.717) is 19.3 Å². The molecule has 0 amide bonds. The molecule has 71 heavy (non-hydrogen) atoms. The van der Waals surface area contributed by atoms with Crippen LogP contribution in [0.2, 0.25) is 0 Å². The van der Waals surface area contributed by atoms with Crippen molar-refractivity contribution in [3.05, 3.63) is 60.8 Å². The summed E-state index contributed by atoms with van der Waals surface area (Å²) in [7, 11) is 0. The van der Waals surface area contributed by atoms with Gasteiger partial charge in [-0.1, -0.05) is 268 Å². The smallest absolute Gasteiger partial charge is 0.306 e. The van der Waals surface area contributed by atoms with E-state index in [2.05, 4.69) is 81.5 Å². The molecule has 0 aliphatic heterocycles. The number of rotatable bonds is 56. The van der Waals surface area contributed by atoms with E-state index in [0.717, 1.165) is 96.3 Å². The molecule has 6 nitrogen and oxygen atoms in total. The highest BCUT2D eigenvalue weighted by Gasteiger charge is 2.19. The second kappa shape index (κ2) is 59.7. The molecular weight excluding hydrogens is 877 g/mol. The number of hydrogen-bond acceptors (Lipinski definition) is 6. The van der Waals surface area contributed by atoms with Crippen molar-refractivity contribution in [3.63, 3.8) is 0 Å². The zero-order valence-corrected chi connectivity index (χ0v) is 47.2. The Hall–Kier alpha value is -2.89. The maximum absolute atomic E-state index is 12.9. The first-order valence-corrected chi connectivity index (χ1v) is 30.8. The van der Waals surface area contributed by atoms with Crippen LogP contribution in [0.1, 0.15) is 316 Å². The van der Waals surface area contributed by atoms with Gasteiger partial charge in [0.25, 0.3) is 0 Å². The molecule has 1 atom stereocenters. The molecule has 0 saturated carbocycles. The maximum atomic E-state index is 12.9. The molecule has 412 valence electrons. The minimum absolute atomic E-state index is 0.0831. The van der Waals surface area contributed by atoms with Gasteiger partial charge in [0.15, 0.2) is 6.10 Å². The minimum Gasteiger partial charge on any atom is -0.462 e. The van der Waals surface area contributed by atoms with Crippen LogP contribution in [-0.2, 0) is 28.6 Å². The lowest BCUT2D eigenvalue weighted by Gasteiger charge is -2.18. The van der Waals surface area contributed by atoms with E-state index < -0.39 is 6.10 Å². The van der Waals surface area contributed by atoms with Gasteiger partial charge in [0.1, 0.15) is 13.2 Å². The highest BCUT2D eigenvalue weighted by atomic mass is 16.6. The van der Waals surface area contributed by atoms with Gasteiger partial charge in [0.05, 0.1) is 0 Å². The molecule has 0 fully saturated rings. The van der Waals surface area contributed by atoms with Crippen LogP contribution in [-0.4, -0.2) is 37.2 Å². The zero-order valence-electron chi connectivity index (χ0n) is 47.2. The summed E-state index contributed by atoms with van der Waals surface area (Å²) in [6.07, 6.45) is 75.0. The monoisotopic (exact) mass is 993 g/mol. The van der Waals surface area contributed by atoms with E-state index in [1.165, 1.54) is 180 Å². The minimum atomic E-state index is -0.789. The van der Waals surface area contributed by atoms with Gasteiger partial charge in [-0.05, 0) is 89.9 Å². The van der Waals surface area contributed by atoms with Crippen LogP contribution >= 0.6 is 0 Å². The molecule has 0 heterocycles. The van der Waals surface area contributed by atoms with Gasteiger partial charge < -0.3 is 14.2 Å². The van der Waals surface area contributed by atoms with Crippen LogP contribution in [0.4, 0.5) is 0 Å². The fourth-order valence-corrected chi connectivity index (χ4v) is 8.83. The van der Waals surface area contributed by atoms with Crippen molar-refractivity contribution in [2.45, 2.75) is 322 Å². The number of allylic oxidation sites excluding steroid dienone is 10. The van der Waals surface area contributed by atoms with Gasteiger partial charge in [-0.25, -0.2) is 0 Å². The molecule has 0 saturated heterocycles. The van der Waals surface area contributed by atoms with Gasteiger partial charge in [0, 0.05) is 19.3 Å². The average molecular weight is 994 g/mol. The van der Waals surface area contributed by atoms with Gasteiger partial charge >= 0.3 is 17.9 Å². The fourth-order valence-electron chi connectivity index (χ4n) is 8.83. The van der Waals surface area contributed by atoms with Crippen molar-refractivity contribution in [1.29, 1.82) is 0 Å². The summed E-state index contributed by atoms with van der Waals surface area (Å²) in [6.45, 7) is 6.60. The largest absolute Gasteiger partial charge is 0.462 e. The Kier molecular flexibility index (Phi) is 57.2. The van der Waals surface area contributed by atoms with Gasteiger partial charge in [-0.2, -0.15) is 0 Å². The van der Waals surface area contributed by atoms with E-state index in [1.807, 2.05) is 0 Å². The van der Waals surface area contributed by atoms with Crippen molar-refractivity contribution in [1.82, 2.24) is 0 Å². The third-order valence-corrected chi connectivity index (χ3v) is 13.5. The lowest BCUT2D eigenvalue weighted by atomic mass is 10.0. The number of unbranched alkanes of at least 4 members (excludes halogenated alkanes) is 35. The van der Waals surface area contributed by atoms with Crippen molar-refractivity contribution in [2.24, 2.45) is 0 Å². The number of ether oxygens (including phenoxy) is 3. The third-order valence-electron chi connectivity index (χ3n) is 13.5. The Morgan fingerprint density at radius 3 is 0.817 bits per heavy atom. The molecule has 0 aromatic heterocycles. The molecule has 6 heteroatoms. The number of carbonyl (C=O) groups excluding carboxylic acids is 3. The maximum Gasteiger partial charge on any atom is 0.306 e. The van der Waals surface area contributed by atoms with Gasteiger partial charge in [-0.3, -0.25) is 14.4 Å². The van der Waals surface area contributed by atoms with Crippen molar-refractivity contribution in [3.8, 4) is 0 Å². The Labute approximate surface area is 440 Å². The quantitative estimate of drug-likeness (QED) is 0.0261. The first-order valence-electron chi connectivity index (χ1n) is 30.8. The number of carbonyl (C=O) groups is 3. The Bertz CT molecular complexity index is 1280. The second-order valence-electron chi connectivity index (χ2n) is 20.6. The van der Waals surface area contributed by atoms with Gasteiger partial charge in [-0.15, -0.1) is 0 Å². The first-order chi connectivity index (χ1) is 35.0. The van der Waals surface area contributed by atoms with Crippen LogP contribution in [0, 0.1) is 0 Å². The van der Waals surface area contributed by atoms with E-state index in [9.17, 15) is 14.4 Å². The summed E-state index contributed by atoms with van der Waals surface area (Å²) in [6, 6.07) is 0. The SMILES string of the molecule is CCCCC/C=C\C/C=C\C/C=C\CCCCCCC(=O)O[C@H](COC(=O)CCCCCCCCC/C=C\C/C=C\CCCCC)COC(=O)CCCCCCCCCCCCCCCCCCCCC. The van der Waals surface area contributed by atoms with Crippen LogP contribution in [0.5, 0.6) is 0 Å². The standard InChI is InChI=1S/C65H116O6/c1-4-7-10-13-16-19-22-25-28-31-32-35-37-40-43-46-49-52-55-58-64(67)70-61-62(71-65(68)59-56-53-50-47-44-41-38-34-30-27-24-21-18-15-12-9-6-3)60-69-63(66)57-54-51-48-45-42-39-36-33-29-26-23-20-17-14-11-8-5-2/h17-18,20-21,26-27,29-30,38,41,62H,4-16,19,22-25,28,31-37,39-40,42-61H2,1-3H3/b20-17-,21-18-,29-26-,30-27-,41-38-/t62-/m1/s1. The third kappa shape index (κ3) is 57.9. The second-order valence-corrected chi connectivity index (χ2v) is 20.6. The Morgan fingerprint density at radius 2 is 0.507 bits per heavy atom. The molecule has 0 bridgehead atoms. The molecule has 0 unspecified atom stereocenters. The van der Waals surface area contributed by atoms with E-state index in [4.69, 9.17) is 14.2 Å². The highest BCUT2D eigenvalue weighted by molar-refractivity contribution is 5.71. The van der Waals surface area contributed by atoms with Crippen LogP contribution in [0.3, 0.4) is 0 Å². The summed E-state index contributed by atoms with van der Waals surface area (Å²) < 4.78 is 16.9. The summed E-state index contributed by atoms with van der Waals surface area (Å²) >= 11 is 0. The molecule has 0 spiro atoms. The highest BCUT2D eigenvalue weighted by Crippen LogP contribution is 2.17. The normalized spacial score (nSPS) is 12.4. The summed E-state index contributed by atoms with van der Waals surface area (Å²) in [5, 5.41) is 0. The molecule has 0 N–H and O–H groups in total. The van der Waals surface area contributed by atoms with Crippen LogP contribution in [0.15, 0.2) is 60.8 Å². The molecule has 0 rings (SSSR count). The van der Waals surface area contributed by atoms with Crippen LogP contribution in [0.25, 0.3) is 0 Å². The van der Waals surface area contributed by atoms with E-state index in [-0.39, 0.29) is 31.1 Å². The molecule has 0 radical (unpaired) electrons. The van der Waals surface area contributed by atoms with Crippen molar-refractivity contribution in [2.75, 3.05) is 13.2 Å². The summed E-state index contributed by atoms with van der Waals surface area (Å²) in [4.78, 5) is 38.3. The molecule has 0 aromatic rings. The molecular formula is C65H116O6. The predicted molar refractivity (Wildman–Crippen MR) is 307 cm³/mol. The lowest BCUT2D eigenvalue weighted by molar-refractivity contribution is -0.167. The Balaban J connectivity index is 4.39. The average Bonchev–Trinajstić information content (AvgIpc) is 3.37. The van der Waals surface area contributed by atoms with Crippen LogP contribution < -0.4 is 0 Å². The van der Waals surface area contributed by atoms with Gasteiger partial charge in [0.2, 0.25) is 0 Å². The number of hydrogen-bond donors (Lipinski definition) is 0. The molecule has 0 aromatic carbocycles. The summed E-state index contributed by atoms with van der Waals surface area (Å²) in [5.74, 6) is -0.897. The number of esters is 3. The van der Waals surface area contributed by atoms with E-state index in [1.54, 1.807) is 0 Å². The van der Waals surface area contributed by atoms with Crippen molar-refractivity contribution >= 4 is 17.9 Å². The molecule has 0 aliphatic rings. The van der Waals surface area contributed by atoms with E-state index >= 15 is 0 Å². The molecule has 0 aliphatic carbocycles. The lowest BCUT2D eigenvalue weighted by Crippen LogP contribution is -2.30. The first kappa shape index (κ1) is 68.1.